The standard InChI is InChI=1S/C12H18O/c1-5-12(13)8-9-6-7-11(12,4)10(9,2)3/h1,9,13H,6-8H2,2-4H3/t9-,11-,12-/m1/s1. The first-order chi connectivity index (χ1) is 5.87. The maximum Gasteiger partial charge on any atom is 0.131 e. The van der Waals surface area contributed by atoms with Crippen LogP contribution >= 0.6 is 0 Å². The summed E-state index contributed by atoms with van der Waals surface area (Å²) in [5.74, 6) is 3.23. The van der Waals surface area contributed by atoms with Gasteiger partial charge in [0.15, 0.2) is 0 Å². The van der Waals surface area contributed by atoms with E-state index in [1.165, 1.54) is 6.42 Å². The van der Waals surface area contributed by atoms with Crippen LogP contribution in [0.25, 0.3) is 0 Å². The highest BCUT2D eigenvalue weighted by molar-refractivity contribution is 5.27. The summed E-state index contributed by atoms with van der Waals surface area (Å²) in [7, 11) is 0. The predicted molar refractivity (Wildman–Crippen MR) is 53.0 cm³/mol. The second-order valence-corrected chi connectivity index (χ2v) is 5.50. The molecule has 0 aromatic rings. The van der Waals surface area contributed by atoms with Gasteiger partial charge in [-0.25, -0.2) is 0 Å². The van der Waals surface area contributed by atoms with E-state index in [0.717, 1.165) is 12.8 Å². The van der Waals surface area contributed by atoms with E-state index in [2.05, 4.69) is 26.7 Å². The highest BCUT2D eigenvalue weighted by Crippen LogP contribution is 2.69. The average molecular weight is 178 g/mol. The molecule has 1 N–H and O–H groups in total. The van der Waals surface area contributed by atoms with Gasteiger partial charge in [0.1, 0.15) is 5.60 Å². The molecule has 13 heavy (non-hydrogen) atoms. The Bertz CT molecular complexity index is 286. The summed E-state index contributed by atoms with van der Waals surface area (Å²) < 4.78 is 0. The van der Waals surface area contributed by atoms with Gasteiger partial charge in [-0.05, 0) is 30.6 Å². The lowest BCUT2D eigenvalue weighted by Crippen LogP contribution is -2.45. The van der Waals surface area contributed by atoms with Gasteiger partial charge in [-0.15, -0.1) is 6.42 Å². The number of aliphatic hydroxyl groups is 1. The van der Waals surface area contributed by atoms with Gasteiger partial charge >= 0.3 is 0 Å². The van der Waals surface area contributed by atoms with Gasteiger partial charge < -0.3 is 5.11 Å². The summed E-state index contributed by atoms with van der Waals surface area (Å²) in [6, 6.07) is 0. The molecule has 1 heteroatoms. The van der Waals surface area contributed by atoms with Gasteiger partial charge in [0, 0.05) is 5.41 Å². The third kappa shape index (κ3) is 0.742. The average Bonchev–Trinajstić information content (AvgIpc) is 2.36. The molecule has 2 saturated carbocycles. The molecule has 2 aliphatic rings. The van der Waals surface area contributed by atoms with Crippen LogP contribution in [0.5, 0.6) is 0 Å². The molecule has 0 saturated heterocycles. The Morgan fingerprint density at radius 3 is 2.23 bits per heavy atom. The van der Waals surface area contributed by atoms with E-state index in [9.17, 15) is 5.11 Å². The Morgan fingerprint density at radius 2 is 2.00 bits per heavy atom. The Kier molecular flexibility index (Phi) is 1.48. The van der Waals surface area contributed by atoms with Crippen LogP contribution in [0.2, 0.25) is 0 Å². The van der Waals surface area contributed by atoms with Crippen molar-refractivity contribution in [1.29, 1.82) is 0 Å². The van der Waals surface area contributed by atoms with E-state index >= 15 is 0 Å². The molecular formula is C12H18O. The summed E-state index contributed by atoms with van der Waals surface area (Å²) in [6.07, 6.45) is 8.56. The fourth-order valence-electron chi connectivity index (χ4n) is 3.49. The molecule has 0 unspecified atom stereocenters. The largest absolute Gasteiger partial charge is 0.377 e. The van der Waals surface area contributed by atoms with E-state index in [0.29, 0.717) is 5.92 Å². The number of terminal acetylenes is 1. The van der Waals surface area contributed by atoms with Crippen LogP contribution in [0.1, 0.15) is 40.0 Å². The van der Waals surface area contributed by atoms with Crippen molar-refractivity contribution in [1.82, 2.24) is 0 Å². The molecule has 3 atom stereocenters. The first kappa shape index (κ1) is 9.09. The first-order valence-electron chi connectivity index (χ1n) is 5.07. The van der Waals surface area contributed by atoms with Crippen molar-refractivity contribution in [2.75, 3.05) is 0 Å². The van der Waals surface area contributed by atoms with Gasteiger partial charge in [0.2, 0.25) is 0 Å². The Labute approximate surface area is 80.5 Å². The van der Waals surface area contributed by atoms with E-state index < -0.39 is 5.60 Å². The zero-order valence-electron chi connectivity index (χ0n) is 8.72. The maximum absolute atomic E-state index is 10.3. The molecule has 0 spiro atoms. The molecule has 0 heterocycles. The molecule has 2 bridgehead atoms. The van der Waals surface area contributed by atoms with Crippen molar-refractivity contribution < 1.29 is 5.11 Å². The zero-order valence-corrected chi connectivity index (χ0v) is 8.72. The van der Waals surface area contributed by atoms with E-state index in [-0.39, 0.29) is 10.8 Å². The number of rotatable bonds is 0. The van der Waals surface area contributed by atoms with Gasteiger partial charge in [-0.2, -0.15) is 0 Å². The summed E-state index contributed by atoms with van der Waals surface area (Å²) in [5, 5.41) is 10.3. The Morgan fingerprint density at radius 1 is 1.38 bits per heavy atom. The monoisotopic (exact) mass is 178 g/mol. The highest BCUT2D eigenvalue weighted by Gasteiger charge is 2.67. The second kappa shape index (κ2) is 2.12. The Balaban J connectivity index is 2.51. The van der Waals surface area contributed by atoms with Gasteiger partial charge in [-0.1, -0.05) is 26.7 Å². The minimum absolute atomic E-state index is 0.0700. The van der Waals surface area contributed by atoms with Gasteiger partial charge in [0.25, 0.3) is 0 Å². The molecule has 72 valence electrons. The lowest BCUT2D eigenvalue weighted by atomic mass is 9.65. The van der Waals surface area contributed by atoms with Gasteiger partial charge in [-0.3, -0.25) is 0 Å². The van der Waals surface area contributed by atoms with Gasteiger partial charge in [0.05, 0.1) is 0 Å². The molecule has 0 radical (unpaired) electrons. The maximum atomic E-state index is 10.3. The van der Waals surface area contributed by atoms with Crippen LogP contribution in [-0.4, -0.2) is 10.7 Å². The number of hydrogen-bond donors (Lipinski definition) is 1. The van der Waals surface area contributed by atoms with Crippen LogP contribution in [0, 0.1) is 29.1 Å². The van der Waals surface area contributed by atoms with Crippen molar-refractivity contribution >= 4 is 0 Å². The molecule has 2 fully saturated rings. The van der Waals surface area contributed by atoms with Crippen molar-refractivity contribution in [2.45, 2.75) is 45.6 Å². The highest BCUT2D eigenvalue weighted by atomic mass is 16.3. The van der Waals surface area contributed by atoms with Crippen LogP contribution in [0.3, 0.4) is 0 Å². The van der Waals surface area contributed by atoms with E-state index in [1.807, 2.05) is 0 Å². The molecule has 0 amide bonds. The SMILES string of the molecule is C#C[C@@]1(O)C[C@H]2CC[C@]1(C)C2(C)C. The smallest absolute Gasteiger partial charge is 0.131 e. The molecule has 0 aromatic heterocycles. The topological polar surface area (TPSA) is 20.2 Å². The number of fused-ring (bicyclic) bond motifs is 2. The van der Waals surface area contributed by atoms with Crippen LogP contribution in [0.15, 0.2) is 0 Å². The quantitative estimate of drug-likeness (QED) is 0.564. The lowest BCUT2D eigenvalue weighted by molar-refractivity contribution is -0.0431. The van der Waals surface area contributed by atoms with Crippen LogP contribution in [0.4, 0.5) is 0 Å². The van der Waals surface area contributed by atoms with Crippen molar-refractivity contribution in [2.24, 2.45) is 16.7 Å². The lowest BCUT2D eigenvalue weighted by Gasteiger charge is -2.42. The zero-order chi connectivity index (χ0) is 9.91. The third-order valence-electron chi connectivity index (χ3n) is 5.13. The minimum Gasteiger partial charge on any atom is -0.377 e. The molecule has 2 rings (SSSR count). The predicted octanol–water partition coefficient (Wildman–Crippen LogP) is 2.20. The third-order valence-corrected chi connectivity index (χ3v) is 5.13. The van der Waals surface area contributed by atoms with Crippen LogP contribution in [-0.2, 0) is 0 Å². The fourth-order valence-corrected chi connectivity index (χ4v) is 3.49. The minimum atomic E-state index is -0.848. The van der Waals surface area contributed by atoms with Crippen molar-refractivity contribution in [3.63, 3.8) is 0 Å². The normalized spacial score (nSPS) is 52.1. The first-order valence-corrected chi connectivity index (χ1v) is 5.07. The van der Waals surface area contributed by atoms with Crippen LogP contribution < -0.4 is 0 Å². The summed E-state index contributed by atoms with van der Waals surface area (Å²) in [6.45, 7) is 6.65. The van der Waals surface area contributed by atoms with E-state index in [1.54, 1.807) is 0 Å². The molecular weight excluding hydrogens is 160 g/mol. The van der Waals surface area contributed by atoms with E-state index in [4.69, 9.17) is 6.42 Å². The second-order valence-electron chi connectivity index (χ2n) is 5.50. The molecule has 0 aromatic carbocycles. The summed E-state index contributed by atoms with van der Waals surface area (Å²) in [4.78, 5) is 0. The Hall–Kier alpha value is -0.480. The molecule has 0 aliphatic heterocycles. The van der Waals surface area contributed by atoms with Crippen molar-refractivity contribution in [3.05, 3.63) is 0 Å². The fraction of sp³-hybridized carbons (Fsp3) is 0.833. The summed E-state index contributed by atoms with van der Waals surface area (Å²) >= 11 is 0. The number of hydrogen-bond acceptors (Lipinski definition) is 1. The van der Waals surface area contributed by atoms with Crippen molar-refractivity contribution in [3.8, 4) is 12.3 Å². The summed E-state index contributed by atoms with van der Waals surface area (Å²) in [5.41, 5.74) is -0.715. The molecule has 2 aliphatic carbocycles. The molecule has 1 nitrogen and oxygen atoms in total.